The average molecular weight is 238 g/mol. The Hall–Kier alpha value is -0.0831. The minimum atomic E-state index is -0.0346. The lowest BCUT2D eigenvalue weighted by Crippen LogP contribution is -2.41. The molecule has 2 rings (SSSR count). The highest BCUT2D eigenvalue weighted by molar-refractivity contribution is 6.37. The van der Waals surface area contributed by atoms with Gasteiger partial charge in [-0.15, -0.1) is 0 Å². The summed E-state index contributed by atoms with van der Waals surface area (Å²) in [6.07, 6.45) is 14.7. The fourth-order valence-electron chi connectivity index (χ4n) is 3.08. The number of allylic oxidation sites excluding steroid dienone is 2. The molecule has 0 aromatic rings. The van der Waals surface area contributed by atoms with Crippen LogP contribution in [0.1, 0.15) is 57.8 Å². The van der Waals surface area contributed by atoms with Crippen LogP contribution in [-0.2, 0) is 4.74 Å². The van der Waals surface area contributed by atoms with Crippen LogP contribution in [0.2, 0.25) is 6.55 Å². The van der Waals surface area contributed by atoms with Gasteiger partial charge in [0.25, 0.3) is 0 Å². The van der Waals surface area contributed by atoms with Crippen LogP contribution in [0.15, 0.2) is 11.6 Å². The van der Waals surface area contributed by atoms with Gasteiger partial charge in [-0.25, -0.2) is 0 Å². The van der Waals surface area contributed by atoms with Crippen molar-refractivity contribution in [1.82, 2.24) is 0 Å². The fraction of sp³-hybridized carbons (Fsp3) is 0.857. The Kier molecular flexibility index (Phi) is 4.65. The molecule has 2 heteroatoms. The van der Waals surface area contributed by atoms with E-state index < -0.39 is 0 Å². The molecule has 0 saturated carbocycles. The second-order valence-corrected chi connectivity index (χ2v) is 7.45. The van der Waals surface area contributed by atoms with E-state index in [1.54, 1.807) is 5.57 Å². The summed E-state index contributed by atoms with van der Waals surface area (Å²) < 4.78 is 6.14. The zero-order valence-corrected chi connectivity index (χ0v) is 12.2. The van der Waals surface area contributed by atoms with Crippen LogP contribution in [0.5, 0.6) is 0 Å². The molecule has 1 nitrogen and oxygen atoms in total. The maximum atomic E-state index is 6.14. The Balaban J connectivity index is 1.83. The standard InChI is InChI=1S/C14H26OSi/c1-16-14(10-5-6-12-15-14)11-9-13-7-3-2-4-8-13/h7H,2-6,8-12,16H2,1H3. The van der Waals surface area contributed by atoms with E-state index in [0.717, 1.165) is 6.61 Å². The molecule has 0 aromatic carbocycles. The van der Waals surface area contributed by atoms with Gasteiger partial charge in [0.05, 0.1) is 14.7 Å². The van der Waals surface area contributed by atoms with E-state index in [0.29, 0.717) is 5.22 Å². The normalized spacial score (nSPS) is 31.9. The molecular formula is C14H26OSi. The lowest BCUT2D eigenvalue weighted by molar-refractivity contribution is -0.0248. The first kappa shape index (κ1) is 12.4. The predicted octanol–water partition coefficient (Wildman–Crippen LogP) is 3.38. The van der Waals surface area contributed by atoms with E-state index in [1.165, 1.54) is 57.8 Å². The van der Waals surface area contributed by atoms with Crippen molar-refractivity contribution in [3.63, 3.8) is 0 Å². The quantitative estimate of drug-likeness (QED) is 0.539. The van der Waals surface area contributed by atoms with Gasteiger partial charge >= 0.3 is 0 Å². The molecule has 0 aromatic heterocycles. The average Bonchev–Trinajstić information content (AvgIpc) is 2.39. The largest absolute Gasteiger partial charge is 0.379 e. The van der Waals surface area contributed by atoms with Gasteiger partial charge in [-0.3, -0.25) is 0 Å². The molecule has 92 valence electrons. The Morgan fingerprint density at radius 2 is 2.25 bits per heavy atom. The van der Waals surface area contributed by atoms with E-state index in [-0.39, 0.29) is 9.52 Å². The van der Waals surface area contributed by atoms with Gasteiger partial charge in [0.15, 0.2) is 0 Å². The molecule has 1 aliphatic heterocycles. The molecule has 0 radical (unpaired) electrons. The van der Waals surface area contributed by atoms with Crippen LogP contribution in [0.3, 0.4) is 0 Å². The first-order chi connectivity index (χ1) is 7.85. The highest BCUT2D eigenvalue weighted by Crippen LogP contribution is 2.31. The second-order valence-electron chi connectivity index (χ2n) is 5.45. The van der Waals surface area contributed by atoms with Gasteiger partial charge in [0.1, 0.15) is 0 Å². The Labute approximate surface area is 102 Å². The van der Waals surface area contributed by atoms with Crippen molar-refractivity contribution in [2.24, 2.45) is 0 Å². The summed E-state index contributed by atoms with van der Waals surface area (Å²) in [7, 11) is -0.0346. The zero-order valence-electron chi connectivity index (χ0n) is 10.8. The molecule has 0 N–H and O–H groups in total. The summed E-state index contributed by atoms with van der Waals surface area (Å²) >= 11 is 0. The molecule has 1 unspecified atom stereocenters. The number of rotatable bonds is 4. The maximum Gasteiger partial charge on any atom is 0.0564 e. The van der Waals surface area contributed by atoms with Crippen molar-refractivity contribution >= 4 is 9.52 Å². The first-order valence-electron chi connectivity index (χ1n) is 7.16. The molecule has 1 atom stereocenters. The summed E-state index contributed by atoms with van der Waals surface area (Å²) in [4.78, 5) is 0. The van der Waals surface area contributed by atoms with Crippen molar-refractivity contribution in [3.05, 3.63) is 11.6 Å². The van der Waals surface area contributed by atoms with E-state index in [9.17, 15) is 0 Å². The van der Waals surface area contributed by atoms with Crippen LogP contribution in [0, 0.1) is 0 Å². The van der Waals surface area contributed by atoms with Crippen LogP contribution >= 0.6 is 0 Å². The molecule has 1 fully saturated rings. The molecule has 1 heterocycles. The van der Waals surface area contributed by atoms with Crippen LogP contribution in [-0.4, -0.2) is 21.4 Å². The number of hydrogen-bond donors (Lipinski definition) is 0. The summed E-state index contributed by atoms with van der Waals surface area (Å²) in [6, 6.07) is 0. The van der Waals surface area contributed by atoms with Gasteiger partial charge < -0.3 is 4.74 Å². The van der Waals surface area contributed by atoms with Gasteiger partial charge in [0.2, 0.25) is 0 Å². The Morgan fingerprint density at radius 1 is 1.31 bits per heavy atom. The van der Waals surface area contributed by atoms with E-state index in [1.807, 2.05) is 0 Å². The molecule has 1 aliphatic carbocycles. The zero-order chi connectivity index (χ0) is 11.3. The minimum Gasteiger partial charge on any atom is -0.379 e. The van der Waals surface area contributed by atoms with Crippen molar-refractivity contribution in [1.29, 1.82) is 0 Å². The van der Waals surface area contributed by atoms with Crippen molar-refractivity contribution < 1.29 is 4.74 Å². The summed E-state index contributed by atoms with van der Waals surface area (Å²) in [5, 5.41) is 0.372. The summed E-state index contributed by atoms with van der Waals surface area (Å²) in [5.41, 5.74) is 1.72. The van der Waals surface area contributed by atoms with E-state index in [4.69, 9.17) is 4.74 Å². The molecular weight excluding hydrogens is 212 g/mol. The van der Waals surface area contributed by atoms with Crippen molar-refractivity contribution in [3.8, 4) is 0 Å². The third-order valence-corrected chi connectivity index (χ3v) is 6.57. The minimum absolute atomic E-state index is 0.0346. The first-order valence-corrected chi connectivity index (χ1v) is 9.29. The van der Waals surface area contributed by atoms with Gasteiger partial charge in [-0.2, -0.15) is 0 Å². The SMILES string of the molecule is C[SiH2]C1(CCC2=CCCCC2)CCCCO1. The lowest BCUT2D eigenvalue weighted by Gasteiger charge is -2.37. The van der Waals surface area contributed by atoms with Gasteiger partial charge in [-0.1, -0.05) is 18.2 Å². The lowest BCUT2D eigenvalue weighted by atomic mass is 9.93. The van der Waals surface area contributed by atoms with Gasteiger partial charge in [0, 0.05) is 6.61 Å². The third kappa shape index (κ3) is 3.20. The molecule has 0 bridgehead atoms. The van der Waals surface area contributed by atoms with Crippen LogP contribution in [0.4, 0.5) is 0 Å². The molecule has 2 aliphatic rings. The van der Waals surface area contributed by atoms with Crippen molar-refractivity contribution in [2.45, 2.75) is 69.6 Å². The highest BCUT2D eigenvalue weighted by Gasteiger charge is 2.31. The maximum absolute atomic E-state index is 6.14. The van der Waals surface area contributed by atoms with Crippen LogP contribution < -0.4 is 0 Å². The summed E-state index contributed by atoms with van der Waals surface area (Å²) in [6.45, 7) is 3.46. The van der Waals surface area contributed by atoms with Gasteiger partial charge in [-0.05, 0) is 57.8 Å². The molecule has 1 saturated heterocycles. The molecule has 0 amide bonds. The van der Waals surface area contributed by atoms with E-state index >= 15 is 0 Å². The Morgan fingerprint density at radius 3 is 2.88 bits per heavy atom. The number of hydrogen-bond acceptors (Lipinski definition) is 1. The van der Waals surface area contributed by atoms with Crippen LogP contribution in [0.25, 0.3) is 0 Å². The molecule has 16 heavy (non-hydrogen) atoms. The highest BCUT2D eigenvalue weighted by atomic mass is 28.2. The fourth-order valence-corrected chi connectivity index (χ4v) is 4.57. The topological polar surface area (TPSA) is 9.23 Å². The summed E-state index contributed by atoms with van der Waals surface area (Å²) in [5.74, 6) is 0. The smallest absolute Gasteiger partial charge is 0.0564 e. The Bertz CT molecular complexity index is 241. The van der Waals surface area contributed by atoms with Crippen molar-refractivity contribution in [2.75, 3.05) is 6.61 Å². The monoisotopic (exact) mass is 238 g/mol. The van der Waals surface area contributed by atoms with E-state index in [2.05, 4.69) is 12.6 Å². The second kappa shape index (κ2) is 6.01. The third-order valence-electron chi connectivity index (χ3n) is 4.37. The predicted molar refractivity (Wildman–Crippen MR) is 72.7 cm³/mol. The molecule has 0 spiro atoms. The number of ether oxygens (including phenoxy) is 1.